The first kappa shape index (κ1) is 13.9. The minimum absolute atomic E-state index is 0.346. The van der Waals surface area contributed by atoms with E-state index in [4.69, 9.17) is 11.6 Å². The van der Waals surface area contributed by atoms with Crippen LogP contribution in [-0.4, -0.2) is 6.54 Å². The van der Waals surface area contributed by atoms with Gasteiger partial charge in [-0.25, -0.2) is 0 Å². The Hall–Kier alpha value is -0.530. The molecule has 0 aromatic heterocycles. The van der Waals surface area contributed by atoms with E-state index in [1.54, 1.807) is 0 Å². The largest absolute Gasteiger partial charge is 0.310 e. The van der Waals surface area contributed by atoms with Gasteiger partial charge in [0.1, 0.15) is 0 Å². The minimum atomic E-state index is 0.346. The Morgan fingerprint density at radius 2 is 1.89 bits per heavy atom. The lowest BCUT2D eigenvalue weighted by Crippen LogP contribution is -2.37. The molecule has 2 heteroatoms. The predicted octanol–water partition coefficient (Wildman–Crippen LogP) is 4.96. The van der Waals surface area contributed by atoms with Gasteiger partial charge in [0.25, 0.3) is 0 Å². The van der Waals surface area contributed by atoms with Gasteiger partial charge in [-0.3, -0.25) is 0 Å². The third kappa shape index (κ3) is 2.89. The first-order valence-corrected chi connectivity index (χ1v) is 7.53. The molecule has 0 heterocycles. The second-order valence-electron chi connectivity index (χ2n) is 5.73. The zero-order valence-corrected chi connectivity index (χ0v) is 12.3. The summed E-state index contributed by atoms with van der Waals surface area (Å²) in [6, 6.07) is 8.68. The molecule has 0 radical (unpaired) electrons. The molecule has 100 valence electrons. The quantitative estimate of drug-likeness (QED) is 0.811. The highest BCUT2D eigenvalue weighted by atomic mass is 35.5. The number of nitrogens with one attached hydrogen (secondary N) is 1. The standard InChI is InChI=1S/C16H24ClN/c1-3-18-15(13-9-5-6-10-14(13)17)16(2)11-7-4-8-12-16/h5-6,9-10,15,18H,3-4,7-8,11-12H2,1-2H3. The molecule has 1 atom stereocenters. The molecular weight excluding hydrogens is 242 g/mol. The molecular formula is C16H24ClN. The van der Waals surface area contributed by atoms with Crippen molar-refractivity contribution in [2.24, 2.45) is 5.41 Å². The van der Waals surface area contributed by atoms with Crippen LogP contribution < -0.4 is 5.32 Å². The van der Waals surface area contributed by atoms with Crippen molar-refractivity contribution < 1.29 is 0 Å². The second kappa shape index (κ2) is 6.08. The summed E-state index contributed by atoms with van der Waals surface area (Å²) in [7, 11) is 0. The molecule has 1 aliphatic rings. The summed E-state index contributed by atoms with van der Waals surface area (Å²) in [5.74, 6) is 0. The van der Waals surface area contributed by atoms with Crippen LogP contribution in [0.4, 0.5) is 0 Å². The van der Waals surface area contributed by atoms with E-state index in [0.717, 1.165) is 11.6 Å². The molecule has 1 saturated carbocycles. The average molecular weight is 266 g/mol. The SMILES string of the molecule is CCNC(c1ccccc1Cl)C1(C)CCCCC1. The van der Waals surface area contributed by atoms with Gasteiger partial charge < -0.3 is 5.32 Å². The van der Waals surface area contributed by atoms with Crippen molar-refractivity contribution in [2.45, 2.75) is 52.0 Å². The Balaban J connectivity index is 2.30. The van der Waals surface area contributed by atoms with Gasteiger partial charge in [0, 0.05) is 11.1 Å². The maximum absolute atomic E-state index is 6.40. The van der Waals surface area contributed by atoms with Gasteiger partial charge >= 0.3 is 0 Å². The summed E-state index contributed by atoms with van der Waals surface area (Å²) in [4.78, 5) is 0. The van der Waals surface area contributed by atoms with Crippen molar-refractivity contribution in [3.63, 3.8) is 0 Å². The molecule has 1 fully saturated rings. The monoisotopic (exact) mass is 265 g/mol. The Labute approximate surface area is 116 Å². The van der Waals surface area contributed by atoms with Crippen LogP contribution in [0.3, 0.4) is 0 Å². The lowest BCUT2D eigenvalue weighted by atomic mass is 9.68. The van der Waals surface area contributed by atoms with Crippen LogP contribution in [0, 0.1) is 5.41 Å². The van der Waals surface area contributed by atoms with E-state index < -0.39 is 0 Å². The molecule has 18 heavy (non-hydrogen) atoms. The fourth-order valence-corrected chi connectivity index (χ4v) is 3.54. The first-order valence-electron chi connectivity index (χ1n) is 7.15. The lowest BCUT2D eigenvalue weighted by molar-refractivity contribution is 0.146. The number of hydrogen-bond acceptors (Lipinski definition) is 1. The summed E-state index contributed by atoms with van der Waals surface area (Å²) < 4.78 is 0. The number of benzene rings is 1. The second-order valence-corrected chi connectivity index (χ2v) is 6.13. The molecule has 2 rings (SSSR count). The summed E-state index contributed by atoms with van der Waals surface area (Å²) in [6.45, 7) is 5.59. The molecule has 1 aromatic carbocycles. The van der Waals surface area contributed by atoms with Crippen LogP contribution in [-0.2, 0) is 0 Å². The smallest absolute Gasteiger partial charge is 0.0454 e. The van der Waals surface area contributed by atoms with Crippen molar-refractivity contribution in [3.8, 4) is 0 Å². The highest BCUT2D eigenvalue weighted by molar-refractivity contribution is 6.31. The molecule has 0 spiro atoms. The molecule has 1 N–H and O–H groups in total. The maximum atomic E-state index is 6.40. The van der Waals surface area contributed by atoms with Crippen molar-refractivity contribution in [3.05, 3.63) is 34.9 Å². The van der Waals surface area contributed by atoms with E-state index in [1.165, 1.54) is 37.7 Å². The lowest BCUT2D eigenvalue weighted by Gasteiger charge is -2.42. The van der Waals surface area contributed by atoms with Crippen LogP contribution in [0.25, 0.3) is 0 Å². The molecule has 1 unspecified atom stereocenters. The van der Waals surface area contributed by atoms with E-state index in [0.29, 0.717) is 11.5 Å². The van der Waals surface area contributed by atoms with Gasteiger partial charge in [0.15, 0.2) is 0 Å². The number of halogens is 1. The van der Waals surface area contributed by atoms with E-state index >= 15 is 0 Å². The average Bonchev–Trinajstić information content (AvgIpc) is 2.38. The predicted molar refractivity (Wildman–Crippen MR) is 79.1 cm³/mol. The van der Waals surface area contributed by atoms with Gasteiger partial charge in [-0.1, -0.05) is 62.9 Å². The fourth-order valence-electron chi connectivity index (χ4n) is 3.29. The van der Waals surface area contributed by atoms with Gasteiger partial charge in [-0.15, -0.1) is 0 Å². The van der Waals surface area contributed by atoms with Gasteiger partial charge in [0.05, 0.1) is 0 Å². The molecule has 1 aromatic rings. The Bertz CT molecular complexity index is 382. The van der Waals surface area contributed by atoms with Gasteiger partial charge in [-0.05, 0) is 36.4 Å². The van der Waals surface area contributed by atoms with E-state index in [1.807, 2.05) is 12.1 Å². The van der Waals surface area contributed by atoms with Crippen molar-refractivity contribution in [1.82, 2.24) is 5.32 Å². The molecule has 0 saturated heterocycles. The molecule has 0 aliphatic heterocycles. The van der Waals surface area contributed by atoms with Crippen LogP contribution in [0.2, 0.25) is 5.02 Å². The Morgan fingerprint density at radius 3 is 2.50 bits per heavy atom. The van der Waals surface area contributed by atoms with Crippen molar-refractivity contribution in [2.75, 3.05) is 6.54 Å². The molecule has 0 amide bonds. The molecule has 1 nitrogen and oxygen atoms in total. The normalized spacial score (nSPS) is 20.6. The van der Waals surface area contributed by atoms with Crippen LogP contribution in [0.15, 0.2) is 24.3 Å². The van der Waals surface area contributed by atoms with E-state index in [-0.39, 0.29) is 0 Å². The van der Waals surface area contributed by atoms with Gasteiger partial charge in [-0.2, -0.15) is 0 Å². The zero-order chi connectivity index (χ0) is 13.0. The minimum Gasteiger partial charge on any atom is -0.310 e. The zero-order valence-electron chi connectivity index (χ0n) is 11.5. The number of rotatable bonds is 4. The topological polar surface area (TPSA) is 12.0 Å². The summed E-state index contributed by atoms with van der Waals surface area (Å²) in [6.07, 6.45) is 6.69. The third-order valence-electron chi connectivity index (χ3n) is 4.32. The Kier molecular flexibility index (Phi) is 4.69. The van der Waals surface area contributed by atoms with Crippen molar-refractivity contribution >= 4 is 11.6 Å². The van der Waals surface area contributed by atoms with Gasteiger partial charge in [0.2, 0.25) is 0 Å². The Morgan fingerprint density at radius 1 is 1.22 bits per heavy atom. The molecule has 1 aliphatic carbocycles. The summed E-state index contributed by atoms with van der Waals surface area (Å²) >= 11 is 6.40. The van der Waals surface area contributed by atoms with Crippen LogP contribution in [0.1, 0.15) is 57.6 Å². The van der Waals surface area contributed by atoms with Crippen LogP contribution in [0.5, 0.6) is 0 Å². The first-order chi connectivity index (χ1) is 8.67. The van der Waals surface area contributed by atoms with Crippen molar-refractivity contribution in [1.29, 1.82) is 0 Å². The molecule has 0 bridgehead atoms. The summed E-state index contributed by atoms with van der Waals surface area (Å²) in [5, 5.41) is 4.56. The highest BCUT2D eigenvalue weighted by Crippen LogP contribution is 2.46. The third-order valence-corrected chi connectivity index (χ3v) is 4.66. The highest BCUT2D eigenvalue weighted by Gasteiger charge is 2.36. The fraction of sp³-hybridized carbons (Fsp3) is 0.625. The van der Waals surface area contributed by atoms with E-state index in [9.17, 15) is 0 Å². The van der Waals surface area contributed by atoms with E-state index in [2.05, 4.69) is 31.3 Å². The maximum Gasteiger partial charge on any atom is 0.0454 e. The van der Waals surface area contributed by atoms with Crippen LogP contribution >= 0.6 is 11.6 Å². The number of hydrogen-bond donors (Lipinski definition) is 1. The summed E-state index contributed by atoms with van der Waals surface area (Å²) in [5.41, 5.74) is 1.62.